The number of alkyl halides is 1. The predicted octanol–water partition coefficient (Wildman–Crippen LogP) is 4.39. The van der Waals surface area contributed by atoms with Gasteiger partial charge in [-0.2, -0.15) is 0 Å². The minimum absolute atomic E-state index is 0.479. The molecule has 0 radical (unpaired) electrons. The molecule has 1 fully saturated rings. The van der Waals surface area contributed by atoms with Crippen LogP contribution in [0.25, 0.3) is 0 Å². The Morgan fingerprint density at radius 2 is 2.06 bits per heavy atom. The molecular weight excluding hydrogens is 248 g/mol. The number of ether oxygens (including phenoxy) is 2. The van der Waals surface area contributed by atoms with E-state index in [0.29, 0.717) is 5.88 Å². The minimum atomic E-state index is 0.479. The van der Waals surface area contributed by atoms with Crippen LogP contribution in [-0.4, -0.2) is 13.2 Å². The zero-order chi connectivity index (χ0) is 12.8. The van der Waals surface area contributed by atoms with E-state index in [1.165, 1.54) is 12.8 Å². The molecule has 1 aromatic carbocycles. The van der Waals surface area contributed by atoms with Crippen LogP contribution in [-0.2, 0) is 5.88 Å². The van der Waals surface area contributed by atoms with Crippen molar-refractivity contribution in [2.75, 3.05) is 13.2 Å². The summed E-state index contributed by atoms with van der Waals surface area (Å²) in [6.45, 7) is 3.62. The molecule has 1 aromatic rings. The van der Waals surface area contributed by atoms with Crippen molar-refractivity contribution in [3.8, 4) is 11.5 Å². The summed E-state index contributed by atoms with van der Waals surface area (Å²) in [7, 11) is 0. The first-order valence-corrected chi connectivity index (χ1v) is 7.31. The number of hydrogen-bond acceptors (Lipinski definition) is 2. The van der Waals surface area contributed by atoms with Crippen molar-refractivity contribution in [2.45, 2.75) is 38.5 Å². The van der Waals surface area contributed by atoms with Crippen LogP contribution in [0.4, 0.5) is 0 Å². The van der Waals surface area contributed by atoms with Crippen molar-refractivity contribution in [1.82, 2.24) is 0 Å². The first-order chi connectivity index (χ1) is 8.83. The molecule has 100 valence electrons. The molecule has 3 heteroatoms. The van der Waals surface area contributed by atoms with E-state index in [1.807, 2.05) is 18.2 Å². The average Bonchev–Trinajstić information content (AvgIpc) is 3.20. The fourth-order valence-electron chi connectivity index (χ4n) is 1.83. The van der Waals surface area contributed by atoms with E-state index in [1.54, 1.807) is 0 Å². The highest BCUT2D eigenvalue weighted by Crippen LogP contribution is 2.33. The lowest BCUT2D eigenvalue weighted by atomic mass is 10.2. The quantitative estimate of drug-likeness (QED) is 0.651. The summed E-state index contributed by atoms with van der Waals surface area (Å²) in [4.78, 5) is 0. The van der Waals surface area contributed by atoms with Gasteiger partial charge in [0.25, 0.3) is 0 Å². The Kier molecular flexibility index (Phi) is 5.18. The van der Waals surface area contributed by atoms with Gasteiger partial charge in [0.15, 0.2) is 0 Å². The first kappa shape index (κ1) is 13.5. The Morgan fingerprint density at radius 1 is 1.22 bits per heavy atom. The third-order valence-corrected chi connectivity index (χ3v) is 3.42. The van der Waals surface area contributed by atoms with E-state index in [4.69, 9.17) is 21.1 Å². The number of rotatable bonds is 8. The van der Waals surface area contributed by atoms with E-state index in [9.17, 15) is 0 Å². The maximum Gasteiger partial charge on any atom is 0.127 e. The molecule has 1 aliphatic rings. The summed E-state index contributed by atoms with van der Waals surface area (Å²) < 4.78 is 11.4. The molecule has 0 saturated heterocycles. The molecule has 18 heavy (non-hydrogen) atoms. The molecule has 0 aromatic heterocycles. The van der Waals surface area contributed by atoms with Gasteiger partial charge >= 0.3 is 0 Å². The summed E-state index contributed by atoms with van der Waals surface area (Å²) in [6.07, 6.45) is 4.90. The smallest absolute Gasteiger partial charge is 0.127 e. The van der Waals surface area contributed by atoms with Crippen LogP contribution in [0.5, 0.6) is 11.5 Å². The molecule has 0 spiro atoms. The van der Waals surface area contributed by atoms with Gasteiger partial charge < -0.3 is 9.47 Å². The number of hydrogen-bond donors (Lipinski definition) is 0. The Bertz CT molecular complexity index is 375. The first-order valence-electron chi connectivity index (χ1n) is 6.78. The molecule has 0 heterocycles. The number of halogens is 1. The zero-order valence-electron chi connectivity index (χ0n) is 11.0. The van der Waals surface area contributed by atoms with Crippen LogP contribution < -0.4 is 9.47 Å². The second kappa shape index (κ2) is 6.89. The largest absolute Gasteiger partial charge is 0.493 e. The molecule has 2 rings (SSSR count). The highest BCUT2D eigenvalue weighted by atomic mass is 35.5. The average molecular weight is 269 g/mol. The molecule has 2 nitrogen and oxygen atoms in total. The Hall–Kier alpha value is -0.890. The monoisotopic (exact) mass is 268 g/mol. The molecule has 0 aliphatic heterocycles. The van der Waals surface area contributed by atoms with E-state index < -0.39 is 0 Å². The van der Waals surface area contributed by atoms with Gasteiger partial charge in [-0.05, 0) is 24.8 Å². The molecule has 0 amide bonds. The van der Waals surface area contributed by atoms with Gasteiger partial charge in [0.05, 0.1) is 19.1 Å². The predicted molar refractivity (Wildman–Crippen MR) is 74.6 cm³/mol. The molecule has 1 saturated carbocycles. The lowest BCUT2D eigenvalue weighted by Gasteiger charge is -2.12. The van der Waals surface area contributed by atoms with Crippen LogP contribution in [0, 0.1) is 5.92 Å². The Balaban J connectivity index is 1.93. The van der Waals surface area contributed by atoms with Crippen LogP contribution in [0.2, 0.25) is 0 Å². The molecule has 1 aliphatic carbocycles. The lowest BCUT2D eigenvalue weighted by molar-refractivity contribution is 0.291. The van der Waals surface area contributed by atoms with E-state index in [0.717, 1.165) is 49.0 Å². The van der Waals surface area contributed by atoms with E-state index in [2.05, 4.69) is 6.92 Å². The summed E-state index contributed by atoms with van der Waals surface area (Å²) in [5.41, 5.74) is 1.04. The fourth-order valence-corrected chi connectivity index (χ4v) is 2.05. The van der Waals surface area contributed by atoms with Gasteiger partial charge in [-0.25, -0.2) is 0 Å². The highest BCUT2D eigenvalue weighted by molar-refractivity contribution is 6.17. The minimum Gasteiger partial charge on any atom is -0.493 e. The van der Waals surface area contributed by atoms with Crippen LogP contribution >= 0.6 is 11.6 Å². The molecule has 0 N–H and O–H groups in total. The molecule has 0 bridgehead atoms. The lowest BCUT2D eigenvalue weighted by Crippen LogP contribution is -2.02. The third kappa shape index (κ3) is 4.09. The van der Waals surface area contributed by atoms with Crippen molar-refractivity contribution < 1.29 is 9.47 Å². The normalized spacial score (nSPS) is 14.6. The summed E-state index contributed by atoms with van der Waals surface area (Å²) in [5.74, 6) is 3.11. The number of benzene rings is 1. The van der Waals surface area contributed by atoms with Gasteiger partial charge in [0.2, 0.25) is 0 Å². The summed E-state index contributed by atoms with van der Waals surface area (Å²) >= 11 is 5.92. The molecular formula is C15H21ClO2. The van der Waals surface area contributed by atoms with Gasteiger partial charge in [0.1, 0.15) is 11.5 Å². The van der Waals surface area contributed by atoms with Crippen LogP contribution in [0.1, 0.15) is 38.2 Å². The van der Waals surface area contributed by atoms with Crippen molar-refractivity contribution >= 4 is 11.6 Å². The van der Waals surface area contributed by atoms with Crippen molar-refractivity contribution in [3.05, 3.63) is 23.8 Å². The van der Waals surface area contributed by atoms with Crippen molar-refractivity contribution in [2.24, 2.45) is 5.92 Å². The van der Waals surface area contributed by atoms with E-state index in [-0.39, 0.29) is 0 Å². The summed E-state index contributed by atoms with van der Waals surface area (Å²) in [6, 6.07) is 5.91. The summed E-state index contributed by atoms with van der Waals surface area (Å²) in [5, 5.41) is 0. The van der Waals surface area contributed by atoms with Gasteiger partial charge in [0, 0.05) is 11.6 Å². The van der Waals surface area contributed by atoms with Crippen molar-refractivity contribution in [1.29, 1.82) is 0 Å². The van der Waals surface area contributed by atoms with Crippen molar-refractivity contribution in [3.63, 3.8) is 0 Å². The second-order valence-corrected chi connectivity index (χ2v) is 5.10. The van der Waals surface area contributed by atoms with Gasteiger partial charge in [-0.1, -0.05) is 25.8 Å². The van der Waals surface area contributed by atoms with Gasteiger partial charge in [-0.3, -0.25) is 0 Å². The second-order valence-electron chi connectivity index (χ2n) is 4.83. The SMILES string of the molecule is CCCOc1ccc(CCl)c(OCCC2CC2)c1. The van der Waals surface area contributed by atoms with Crippen LogP contribution in [0.15, 0.2) is 18.2 Å². The maximum atomic E-state index is 5.92. The highest BCUT2D eigenvalue weighted by Gasteiger charge is 2.20. The topological polar surface area (TPSA) is 18.5 Å². The molecule has 0 atom stereocenters. The maximum absolute atomic E-state index is 5.92. The van der Waals surface area contributed by atoms with Crippen LogP contribution in [0.3, 0.4) is 0 Å². The fraction of sp³-hybridized carbons (Fsp3) is 0.600. The zero-order valence-corrected chi connectivity index (χ0v) is 11.7. The van der Waals surface area contributed by atoms with E-state index >= 15 is 0 Å². The molecule has 0 unspecified atom stereocenters. The third-order valence-electron chi connectivity index (χ3n) is 3.14. The van der Waals surface area contributed by atoms with Gasteiger partial charge in [-0.15, -0.1) is 11.6 Å². The Morgan fingerprint density at radius 3 is 2.72 bits per heavy atom. The Labute approximate surface area is 114 Å². The standard InChI is InChI=1S/C15H21ClO2/c1-2-8-17-14-6-5-13(11-16)15(10-14)18-9-7-12-3-4-12/h5-6,10,12H,2-4,7-9,11H2,1H3.